The maximum atomic E-state index is 12.5. The fourth-order valence-corrected chi connectivity index (χ4v) is 9.73. The highest BCUT2D eigenvalue weighted by molar-refractivity contribution is 5.76. The van der Waals surface area contributed by atoms with E-state index in [1.54, 1.807) is 0 Å². The molecule has 5 heteroatoms. The summed E-state index contributed by atoms with van der Waals surface area (Å²) in [6, 6.07) is -0.825. The first-order chi connectivity index (χ1) is 33.6. The summed E-state index contributed by atoms with van der Waals surface area (Å²) >= 11 is 0. The summed E-state index contributed by atoms with van der Waals surface area (Å²) in [6.45, 7) is 4.19. The van der Waals surface area contributed by atoms with Crippen LogP contribution in [0.2, 0.25) is 0 Å². The van der Waals surface area contributed by atoms with Crippen LogP contribution >= 0.6 is 0 Å². The second-order valence-electron chi connectivity index (χ2n) is 21.3. The van der Waals surface area contributed by atoms with Crippen LogP contribution in [0.3, 0.4) is 0 Å². The van der Waals surface area contributed by atoms with Gasteiger partial charge in [0, 0.05) is 6.42 Å². The van der Waals surface area contributed by atoms with E-state index in [-0.39, 0.29) is 12.5 Å². The van der Waals surface area contributed by atoms with Gasteiger partial charge in [0.15, 0.2) is 0 Å². The van der Waals surface area contributed by atoms with E-state index in [2.05, 4.69) is 55.6 Å². The number of carbonyl (C=O) groups is 1. The maximum Gasteiger partial charge on any atom is 0.220 e. The van der Waals surface area contributed by atoms with Crippen LogP contribution in [0.25, 0.3) is 0 Å². The first-order valence-corrected chi connectivity index (χ1v) is 30.8. The summed E-state index contributed by atoms with van der Waals surface area (Å²) in [5, 5.41) is 33.7. The van der Waals surface area contributed by atoms with Crippen molar-refractivity contribution in [2.24, 2.45) is 0 Å². The van der Waals surface area contributed by atoms with E-state index >= 15 is 0 Å². The lowest BCUT2D eigenvalue weighted by atomic mass is 10.0. The Kier molecular flexibility index (Phi) is 56.9. The van der Waals surface area contributed by atoms with Crippen LogP contribution in [0.4, 0.5) is 0 Å². The summed E-state index contributed by atoms with van der Waals surface area (Å²) in [5.41, 5.74) is 0. The Morgan fingerprint density at radius 3 is 0.941 bits per heavy atom. The van der Waals surface area contributed by atoms with Gasteiger partial charge in [-0.1, -0.05) is 294 Å². The molecule has 0 aliphatic rings. The fourth-order valence-electron chi connectivity index (χ4n) is 9.73. The molecular weight excluding hydrogens is 835 g/mol. The number of aliphatic hydroxyl groups is 3. The van der Waals surface area contributed by atoms with Crippen molar-refractivity contribution in [2.75, 3.05) is 6.61 Å². The standard InChI is InChI=1S/C63H121NO4/c1-3-5-7-9-11-13-15-17-19-20-21-22-23-24-25-26-27-28-29-30-31-32-33-34-35-36-37-38-39-40-41-42-44-46-48-50-52-54-56-58-62(67)64-60(59-65)63(68)61(66)57-55-53-51-49-47-45-43-18-16-14-12-10-8-6-4-2/h27-28,30-31,49,51,60-61,63,65-66,68H,3-26,29,32-48,50,52-59H2,1-2H3,(H,64,67)/b28-27-,31-30-,51-49+. The van der Waals surface area contributed by atoms with Crippen LogP contribution in [0.15, 0.2) is 36.5 Å². The van der Waals surface area contributed by atoms with Crippen LogP contribution < -0.4 is 5.32 Å². The molecule has 402 valence electrons. The van der Waals surface area contributed by atoms with Gasteiger partial charge in [-0.15, -0.1) is 0 Å². The van der Waals surface area contributed by atoms with Crippen molar-refractivity contribution in [3.05, 3.63) is 36.5 Å². The normalized spacial score (nSPS) is 13.4. The highest BCUT2D eigenvalue weighted by Crippen LogP contribution is 2.18. The molecule has 1 amide bonds. The maximum absolute atomic E-state index is 12.5. The first kappa shape index (κ1) is 66.6. The average molecular weight is 957 g/mol. The molecule has 3 unspecified atom stereocenters. The highest BCUT2D eigenvalue weighted by atomic mass is 16.3. The van der Waals surface area contributed by atoms with Gasteiger partial charge in [-0.2, -0.15) is 0 Å². The first-order valence-electron chi connectivity index (χ1n) is 30.8. The van der Waals surface area contributed by atoms with Gasteiger partial charge in [0.2, 0.25) is 5.91 Å². The summed E-state index contributed by atoms with van der Waals surface area (Å²) in [6.07, 6.45) is 76.3. The molecule has 5 nitrogen and oxygen atoms in total. The van der Waals surface area contributed by atoms with Gasteiger partial charge in [0.1, 0.15) is 6.10 Å². The third-order valence-corrected chi connectivity index (χ3v) is 14.5. The van der Waals surface area contributed by atoms with Gasteiger partial charge in [-0.25, -0.2) is 0 Å². The summed E-state index contributed by atoms with van der Waals surface area (Å²) in [5.74, 6) is -0.150. The minimum Gasteiger partial charge on any atom is -0.394 e. The monoisotopic (exact) mass is 956 g/mol. The van der Waals surface area contributed by atoms with E-state index in [1.165, 1.54) is 263 Å². The highest BCUT2D eigenvalue weighted by Gasteiger charge is 2.26. The molecule has 0 saturated carbocycles. The number of rotatable bonds is 57. The van der Waals surface area contributed by atoms with Crippen LogP contribution in [-0.2, 0) is 4.79 Å². The number of carbonyl (C=O) groups excluding carboxylic acids is 1. The Balaban J connectivity index is 3.47. The second-order valence-corrected chi connectivity index (χ2v) is 21.3. The number of hydrogen-bond acceptors (Lipinski definition) is 4. The van der Waals surface area contributed by atoms with Crippen LogP contribution in [0, 0.1) is 0 Å². The van der Waals surface area contributed by atoms with Crippen LogP contribution in [0.5, 0.6) is 0 Å². The van der Waals surface area contributed by atoms with E-state index in [9.17, 15) is 20.1 Å². The lowest BCUT2D eigenvalue weighted by molar-refractivity contribution is -0.124. The zero-order valence-corrected chi connectivity index (χ0v) is 46.0. The van der Waals surface area contributed by atoms with Crippen molar-refractivity contribution >= 4 is 5.91 Å². The van der Waals surface area contributed by atoms with Crippen LogP contribution in [0.1, 0.15) is 335 Å². The Hall–Kier alpha value is -1.43. The molecule has 0 radical (unpaired) electrons. The molecular formula is C63H121NO4. The molecule has 0 aromatic carbocycles. The van der Waals surface area contributed by atoms with E-state index < -0.39 is 18.2 Å². The molecule has 0 saturated heterocycles. The van der Waals surface area contributed by atoms with E-state index in [1.807, 2.05) is 0 Å². The van der Waals surface area contributed by atoms with Crippen molar-refractivity contribution in [2.45, 2.75) is 353 Å². The molecule has 0 aliphatic carbocycles. The Bertz CT molecular complexity index is 1060. The van der Waals surface area contributed by atoms with Crippen molar-refractivity contribution < 1.29 is 20.1 Å². The molecule has 0 bridgehead atoms. The Morgan fingerprint density at radius 1 is 0.368 bits per heavy atom. The molecule has 0 aromatic heterocycles. The second kappa shape index (κ2) is 58.1. The van der Waals surface area contributed by atoms with Gasteiger partial charge in [0.25, 0.3) is 0 Å². The molecule has 3 atom stereocenters. The smallest absolute Gasteiger partial charge is 0.220 e. The van der Waals surface area contributed by atoms with Gasteiger partial charge in [-0.3, -0.25) is 4.79 Å². The van der Waals surface area contributed by atoms with Crippen LogP contribution in [-0.4, -0.2) is 46.1 Å². The molecule has 0 spiro atoms. The average Bonchev–Trinajstić information content (AvgIpc) is 3.34. The Labute approximate surface area is 425 Å². The minimum absolute atomic E-state index is 0.150. The number of hydrogen-bond donors (Lipinski definition) is 4. The number of aliphatic hydroxyl groups excluding tert-OH is 3. The number of allylic oxidation sites excluding steroid dienone is 6. The largest absolute Gasteiger partial charge is 0.394 e. The number of unbranched alkanes of at least 4 members (excludes halogenated alkanes) is 43. The summed E-state index contributed by atoms with van der Waals surface area (Å²) in [4.78, 5) is 12.5. The third-order valence-electron chi connectivity index (χ3n) is 14.5. The predicted octanol–water partition coefficient (Wildman–Crippen LogP) is 19.4. The summed E-state index contributed by atoms with van der Waals surface area (Å²) in [7, 11) is 0. The molecule has 0 rings (SSSR count). The van der Waals surface area contributed by atoms with Gasteiger partial charge >= 0.3 is 0 Å². The molecule has 68 heavy (non-hydrogen) atoms. The minimum atomic E-state index is -1.16. The Morgan fingerprint density at radius 2 is 0.632 bits per heavy atom. The topological polar surface area (TPSA) is 89.8 Å². The molecule has 4 N–H and O–H groups in total. The third kappa shape index (κ3) is 52.4. The molecule has 0 aliphatic heterocycles. The van der Waals surface area contributed by atoms with E-state index in [0.29, 0.717) is 12.8 Å². The quantitative estimate of drug-likeness (QED) is 0.0361. The van der Waals surface area contributed by atoms with Crippen molar-refractivity contribution in [3.8, 4) is 0 Å². The van der Waals surface area contributed by atoms with Crippen molar-refractivity contribution in [3.63, 3.8) is 0 Å². The molecule has 0 fully saturated rings. The SMILES string of the molecule is CCCCCCCCCCCC/C=C/CCCC(O)C(O)C(CO)NC(=O)CCCCCCCCCCCCCCCCCCC/C=C\C/C=C\CCCCCCCCCCCCCCCCC. The van der Waals surface area contributed by atoms with Crippen molar-refractivity contribution in [1.82, 2.24) is 5.32 Å². The number of amides is 1. The molecule has 0 heterocycles. The van der Waals surface area contributed by atoms with E-state index in [4.69, 9.17) is 0 Å². The number of nitrogens with one attached hydrogen (secondary N) is 1. The van der Waals surface area contributed by atoms with Gasteiger partial charge < -0.3 is 20.6 Å². The zero-order chi connectivity index (χ0) is 49.3. The predicted molar refractivity (Wildman–Crippen MR) is 301 cm³/mol. The molecule has 0 aromatic rings. The van der Waals surface area contributed by atoms with Gasteiger partial charge in [-0.05, 0) is 70.6 Å². The summed E-state index contributed by atoms with van der Waals surface area (Å²) < 4.78 is 0. The van der Waals surface area contributed by atoms with Gasteiger partial charge in [0.05, 0.1) is 18.8 Å². The van der Waals surface area contributed by atoms with E-state index in [0.717, 1.165) is 44.9 Å². The fraction of sp³-hybridized carbons (Fsp3) is 0.889. The lowest BCUT2D eigenvalue weighted by Crippen LogP contribution is -2.50. The van der Waals surface area contributed by atoms with Crippen molar-refractivity contribution in [1.29, 1.82) is 0 Å². The lowest BCUT2D eigenvalue weighted by Gasteiger charge is -2.26. The zero-order valence-electron chi connectivity index (χ0n) is 46.0.